The second kappa shape index (κ2) is 8.24. The first-order valence-electron chi connectivity index (χ1n) is 8.37. The minimum atomic E-state index is -1.26. The fraction of sp³-hybridized carbons (Fsp3) is 0.556. The molecule has 0 aromatic carbocycles. The number of carboxylic acids is 1. The van der Waals surface area contributed by atoms with Gasteiger partial charge in [0.25, 0.3) is 0 Å². The van der Waals surface area contributed by atoms with Gasteiger partial charge in [-0.25, -0.2) is 14.4 Å². The molecule has 1 aromatic rings. The molecule has 0 aliphatic carbocycles. The highest BCUT2D eigenvalue weighted by Gasteiger charge is 2.28. The number of nitrogens with zero attached hydrogens (tertiary/aromatic N) is 1. The molecule has 0 radical (unpaired) electrons. The van der Waals surface area contributed by atoms with Gasteiger partial charge in [-0.2, -0.15) is 0 Å². The summed E-state index contributed by atoms with van der Waals surface area (Å²) in [7, 11) is 0. The maximum Gasteiger partial charge on any atom is 0.409 e. The summed E-state index contributed by atoms with van der Waals surface area (Å²) in [5.41, 5.74) is -1.16. The number of carbonyl (C=O) groups excluding carboxylic acids is 2. The molecule has 0 bridgehead atoms. The lowest BCUT2D eigenvalue weighted by molar-refractivity contribution is 0.0417. The van der Waals surface area contributed by atoms with Crippen LogP contribution in [0.15, 0.2) is 12.3 Å². The van der Waals surface area contributed by atoms with Gasteiger partial charge in [0, 0.05) is 6.20 Å². The van der Waals surface area contributed by atoms with Gasteiger partial charge < -0.3 is 14.6 Å². The lowest BCUT2D eigenvalue weighted by atomic mass is 10.1. The smallest absolute Gasteiger partial charge is 0.409 e. The predicted octanol–water partition coefficient (Wildman–Crippen LogP) is 3.14. The molecule has 0 aliphatic heterocycles. The Morgan fingerprint density at radius 2 is 1.44 bits per heavy atom. The Morgan fingerprint density at radius 1 is 1.00 bits per heavy atom. The lowest BCUT2D eigenvalue weighted by Crippen LogP contribution is -2.45. The Hall–Kier alpha value is -2.84. The number of hydrogen-bond acceptors (Lipinski definition) is 6. The largest absolute Gasteiger partial charge is 0.478 e. The highest BCUT2D eigenvalue weighted by Crippen LogP contribution is 2.18. The number of rotatable bonds is 4. The molecule has 150 valence electrons. The molecule has 0 unspecified atom stereocenters. The monoisotopic (exact) mass is 381 g/mol. The van der Waals surface area contributed by atoms with Crippen LogP contribution >= 0.6 is 0 Å². The number of carbonyl (C=O) groups is 3. The Kier molecular flexibility index (Phi) is 6.77. The standard InChI is InChI=1S/C18H27N3O6/c1-10-8-11(14(22)23)12(19-9-10)13(20-15(24)26-17(2,3)4)21-16(25)27-18(5,6)7/h8-9,13H,1-7H3,(H,20,24)(H,21,25)(H,22,23). The first kappa shape index (κ1) is 22.2. The molecular weight excluding hydrogens is 354 g/mol. The summed E-state index contributed by atoms with van der Waals surface area (Å²) in [5, 5.41) is 14.3. The van der Waals surface area contributed by atoms with Crippen molar-refractivity contribution < 1.29 is 29.0 Å². The molecule has 1 aromatic heterocycles. The van der Waals surface area contributed by atoms with Gasteiger partial charge in [0.1, 0.15) is 11.2 Å². The predicted molar refractivity (Wildman–Crippen MR) is 97.4 cm³/mol. The Labute approximate surface area is 158 Å². The van der Waals surface area contributed by atoms with Gasteiger partial charge >= 0.3 is 18.2 Å². The summed E-state index contributed by atoms with van der Waals surface area (Å²) in [6, 6.07) is 1.39. The highest BCUT2D eigenvalue weighted by molar-refractivity contribution is 5.89. The molecule has 0 fully saturated rings. The van der Waals surface area contributed by atoms with Gasteiger partial charge in [0.05, 0.1) is 11.3 Å². The Bertz CT molecular complexity index is 689. The summed E-state index contributed by atoms with van der Waals surface area (Å²) in [4.78, 5) is 40.0. The molecule has 3 N–H and O–H groups in total. The van der Waals surface area contributed by atoms with Crippen LogP contribution in [0, 0.1) is 6.92 Å². The van der Waals surface area contributed by atoms with Crippen LogP contribution < -0.4 is 10.6 Å². The highest BCUT2D eigenvalue weighted by atomic mass is 16.6. The van der Waals surface area contributed by atoms with Crippen molar-refractivity contribution in [1.29, 1.82) is 0 Å². The molecule has 0 spiro atoms. The average Bonchev–Trinajstić information content (AvgIpc) is 2.42. The number of pyridine rings is 1. The van der Waals surface area contributed by atoms with Crippen LogP contribution in [-0.4, -0.2) is 39.4 Å². The van der Waals surface area contributed by atoms with Crippen LogP contribution in [0.4, 0.5) is 9.59 Å². The molecule has 27 heavy (non-hydrogen) atoms. The molecule has 9 heteroatoms. The van der Waals surface area contributed by atoms with E-state index < -0.39 is 35.5 Å². The van der Waals surface area contributed by atoms with Crippen molar-refractivity contribution in [2.45, 2.75) is 65.8 Å². The molecule has 9 nitrogen and oxygen atoms in total. The van der Waals surface area contributed by atoms with Crippen LogP contribution in [0.1, 0.15) is 69.3 Å². The molecular formula is C18H27N3O6. The molecule has 1 rings (SSSR count). The third-order valence-corrected chi connectivity index (χ3v) is 2.88. The minimum absolute atomic E-state index is 0.0511. The van der Waals surface area contributed by atoms with E-state index in [0.717, 1.165) is 0 Å². The fourth-order valence-corrected chi connectivity index (χ4v) is 2.00. The van der Waals surface area contributed by atoms with Gasteiger partial charge in [-0.1, -0.05) is 0 Å². The van der Waals surface area contributed by atoms with Crippen molar-refractivity contribution in [3.8, 4) is 0 Å². The number of amides is 2. The molecule has 0 aliphatic rings. The van der Waals surface area contributed by atoms with Crippen LogP contribution in [0.2, 0.25) is 0 Å². The number of alkyl carbamates (subject to hydrolysis) is 2. The van der Waals surface area contributed by atoms with E-state index in [4.69, 9.17) is 9.47 Å². The van der Waals surface area contributed by atoms with Gasteiger partial charge in [0.2, 0.25) is 0 Å². The average molecular weight is 381 g/mol. The third kappa shape index (κ3) is 7.93. The summed E-state index contributed by atoms with van der Waals surface area (Å²) in [6.07, 6.45) is -1.52. The van der Waals surface area contributed by atoms with Crippen molar-refractivity contribution in [2.75, 3.05) is 0 Å². The van der Waals surface area contributed by atoms with E-state index in [-0.39, 0.29) is 11.3 Å². The van der Waals surface area contributed by atoms with E-state index in [0.29, 0.717) is 5.56 Å². The summed E-state index contributed by atoms with van der Waals surface area (Å²) >= 11 is 0. The van der Waals surface area contributed by atoms with E-state index in [1.54, 1.807) is 48.5 Å². The number of aromatic carboxylic acids is 1. The maximum atomic E-state index is 12.2. The lowest BCUT2D eigenvalue weighted by Gasteiger charge is -2.26. The maximum absolute atomic E-state index is 12.2. The van der Waals surface area contributed by atoms with E-state index in [1.165, 1.54) is 12.3 Å². The first-order chi connectivity index (χ1) is 12.2. The number of hydrogen-bond donors (Lipinski definition) is 3. The molecule has 1 heterocycles. The van der Waals surface area contributed by atoms with Gasteiger partial charge in [-0.05, 0) is 60.1 Å². The number of carboxylic acid groups (broad SMARTS) is 1. The normalized spacial score (nSPS) is 11.7. The van der Waals surface area contributed by atoms with Crippen LogP contribution in [0.5, 0.6) is 0 Å². The van der Waals surface area contributed by atoms with Crippen molar-refractivity contribution in [1.82, 2.24) is 15.6 Å². The van der Waals surface area contributed by atoms with Crippen LogP contribution in [-0.2, 0) is 9.47 Å². The summed E-state index contributed by atoms with van der Waals surface area (Å²) in [6.45, 7) is 11.7. The van der Waals surface area contributed by atoms with Crippen molar-refractivity contribution in [2.24, 2.45) is 0 Å². The molecule has 0 saturated carbocycles. The summed E-state index contributed by atoms with van der Waals surface area (Å²) < 4.78 is 10.4. The van der Waals surface area contributed by atoms with Crippen molar-refractivity contribution in [3.63, 3.8) is 0 Å². The number of nitrogens with one attached hydrogen (secondary N) is 2. The Morgan fingerprint density at radius 3 is 1.81 bits per heavy atom. The zero-order valence-corrected chi connectivity index (χ0v) is 16.7. The molecule has 2 amide bonds. The van der Waals surface area contributed by atoms with Gasteiger partial charge in [0.15, 0.2) is 6.17 Å². The fourth-order valence-electron chi connectivity index (χ4n) is 2.00. The summed E-state index contributed by atoms with van der Waals surface area (Å²) in [5.74, 6) is -1.25. The van der Waals surface area contributed by atoms with E-state index in [2.05, 4.69) is 15.6 Å². The van der Waals surface area contributed by atoms with Crippen LogP contribution in [0.3, 0.4) is 0 Å². The first-order valence-corrected chi connectivity index (χ1v) is 8.37. The number of aryl methyl sites for hydroxylation is 1. The molecule has 0 atom stereocenters. The zero-order chi connectivity index (χ0) is 21.0. The topological polar surface area (TPSA) is 127 Å². The quantitative estimate of drug-likeness (QED) is 0.684. The van der Waals surface area contributed by atoms with Gasteiger partial charge in [-0.15, -0.1) is 0 Å². The zero-order valence-electron chi connectivity index (χ0n) is 16.7. The van der Waals surface area contributed by atoms with Crippen molar-refractivity contribution >= 4 is 18.2 Å². The second-order valence-corrected chi connectivity index (χ2v) is 7.98. The van der Waals surface area contributed by atoms with E-state index in [9.17, 15) is 19.5 Å². The van der Waals surface area contributed by atoms with E-state index in [1.807, 2.05) is 0 Å². The minimum Gasteiger partial charge on any atom is -0.478 e. The SMILES string of the molecule is Cc1cnc(C(NC(=O)OC(C)(C)C)NC(=O)OC(C)(C)C)c(C(=O)O)c1. The Balaban J connectivity index is 3.20. The third-order valence-electron chi connectivity index (χ3n) is 2.88. The van der Waals surface area contributed by atoms with Gasteiger partial charge in [-0.3, -0.25) is 15.6 Å². The van der Waals surface area contributed by atoms with Crippen molar-refractivity contribution in [3.05, 3.63) is 29.1 Å². The van der Waals surface area contributed by atoms with Crippen LogP contribution in [0.25, 0.3) is 0 Å². The second-order valence-electron chi connectivity index (χ2n) is 7.98. The molecule has 0 saturated heterocycles. The number of aromatic nitrogens is 1. The number of ether oxygens (including phenoxy) is 2. The van der Waals surface area contributed by atoms with E-state index >= 15 is 0 Å².